The van der Waals surface area contributed by atoms with Gasteiger partial charge in [-0.15, -0.1) is 0 Å². The average Bonchev–Trinajstić information content (AvgIpc) is 2.90. The number of amides is 2. The summed E-state index contributed by atoms with van der Waals surface area (Å²) in [7, 11) is -4.23. The van der Waals surface area contributed by atoms with E-state index >= 15 is 0 Å². The fourth-order valence-corrected chi connectivity index (χ4v) is 4.81. The van der Waals surface area contributed by atoms with Gasteiger partial charge in [0.1, 0.15) is 5.70 Å². The Kier molecular flexibility index (Phi) is 6.50. The van der Waals surface area contributed by atoms with Gasteiger partial charge in [0.25, 0.3) is 17.8 Å². The van der Waals surface area contributed by atoms with Gasteiger partial charge < -0.3 is 8.85 Å². The summed E-state index contributed by atoms with van der Waals surface area (Å²) in [4.78, 5) is 27.8. The highest BCUT2D eigenvalue weighted by atomic mass is 35.5. The van der Waals surface area contributed by atoms with Crippen molar-refractivity contribution in [3.05, 3.63) is 81.9 Å². The van der Waals surface area contributed by atoms with Gasteiger partial charge in [0, 0.05) is 11.4 Å². The molecule has 31 heavy (non-hydrogen) atoms. The Balaban J connectivity index is 2.17. The van der Waals surface area contributed by atoms with Crippen LogP contribution in [0.2, 0.25) is 44.3 Å². The predicted octanol–water partition coefficient (Wildman–Crippen LogP) is 6.05. The number of benzene rings is 2. The van der Waals surface area contributed by atoms with Crippen LogP contribution >= 0.6 is 11.6 Å². The minimum Gasteiger partial charge on any atom is -0.519 e. The normalized spacial score (nSPS) is 13.8. The third kappa shape index (κ3) is 5.67. The predicted molar refractivity (Wildman–Crippen MR) is 128 cm³/mol. The quantitative estimate of drug-likeness (QED) is 0.279. The van der Waals surface area contributed by atoms with Crippen LogP contribution < -0.4 is 0 Å². The summed E-state index contributed by atoms with van der Waals surface area (Å²) >= 11 is 6.05. The highest BCUT2D eigenvalue weighted by Crippen LogP contribution is 2.32. The van der Waals surface area contributed by atoms with Crippen LogP contribution in [0.15, 0.2) is 60.2 Å². The molecule has 0 saturated heterocycles. The van der Waals surface area contributed by atoms with Gasteiger partial charge in [0.05, 0.1) is 11.1 Å². The monoisotopic (exact) mass is 473 g/mol. The molecule has 2 amide bonds. The second-order valence-corrected chi connectivity index (χ2v) is 18.8. The van der Waals surface area contributed by atoms with E-state index in [1.807, 2.05) is 51.4 Å². The van der Waals surface area contributed by atoms with E-state index in [2.05, 4.69) is 0 Å². The molecule has 0 saturated carbocycles. The first-order valence-corrected chi connectivity index (χ1v) is 17.4. The van der Waals surface area contributed by atoms with Crippen LogP contribution in [0.5, 0.6) is 0 Å². The van der Waals surface area contributed by atoms with Crippen LogP contribution in [0, 0.1) is 0 Å². The van der Waals surface area contributed by atoms with Crippen molar-refractivity contribution >= 4 is 40.1 Å². The standard InChI is InChI=1S/C23H28ClNO4Si2/c1-30(2,3)28-23(29-31(4,5)6)20(15-16-11-13-17(24)14-12-16)25-21(26)18-9-7-8-10-19(18)22(25)27/h7-14H,15H2,1-6H3. The van der Waals surface area contributed by atoms with Crippen LogP contribution in [-0.4, -0.2) is 33.3 Å². The number of nitrogens with zero attached hydrogens (tertiary/aromatic N) is 1. The van der Waals surface area contributed by atoms with Crippen LogP contribution in [-0.2, 0) is 15.3 Å². The van der Waals surface area contributed by atoms with Crippen LogP contribution in [0.3, 0.4) is 0 Å². The third-order valence-electron chi connectivity index (χ3n) is 4.38. The molecule has 2 aromatic rings. The van der Waals surface area contributed by atoms with Crippen LogP contribution in [0.25, 0.3) is 0 Å². The first-order valence-electron chi connectivity index (χ1n) is 10.2. The molecule has 164 valence electrons. The second-order valence-electron chi connectivity index (χ2n) is 9.46. The molecular weight excluding hydrogens is 446 g/mol. The van der Waals surface area contributed by atoms with E-state index in [0.29, 0.717) is 28.3 Å². The lowest BCUT2D eigenvalue weighted by Crippen LogP contribution is -2.37. The van der Waals surface area contributed by atoms with E-state index in [1.165, 1.54) is 4.90 Å². The maximum absolute atomic E-state index is 13.3. The molecule has 0 bridgehead atoms. The molecule has 3 rings (SSSR count). The van der Waals surface area contributed by atoms with Gasteiger partial charge in [-0.05, 0) is 69.1 Å². The Morgan fingerprint density at radius 3 is 1.68 bits per heavy atom. The van der Waals surface area contributed by atoms with E-state index in [-0.39, 0.29) is 17.8 Å². The Hall–Kier alpha value is -2.36. The smallest absolute Gasteiger partial charge is 0.272 e. The third-order valence-corrected chi connectivity index (χ3v) is 6.23. The zero-order valence-corrected chi connectivity index (χ0v) is 21.5. The highest BCUT2D eigenvalue weighted by Gasteiger charge is 2.41. The summed E-state index contributed by atoms with van der Waals surface area (Å²) in [6.45, 7) is 12.3. The van der Waals surface area contributed by atoms with E-state index in [9.17, 15) is 9.59 Å². The molecule has 1 aliphatic heterocycles. The zero-order chi connectivity index (χ0) is 23.0. The summed E-state index contributed by atoms with van der Waals surface area (Å²) in [5, 5.41) is 0.618. The number of halogens is 1. The number of imide groups is 1. The Labute approximate surface area is 190 Å². The van der Waals surface area contributed by atoms with Crippen molar-refractivity contribution in [1.82, 2.24) is 4.90 Å². The van der Waals surface area contributed by atoms with Gasteiger partial charge in [-0.25, -0.2) is 4.90 Å². The van der Waals surface area contributed by atoms with Crippen molar-refractivity contribution in [1.29, 1.82) is 0 Å². The molecule has 8 heteroatoms. The number of fused-ring (bicyclic) bond motifs is 1. The van der Waals surface area contributed by atoms with E-state index < -0.39 is 16.6 Å². The first-order chi connectivity index (χ1) is 14.4. The highest BCUT2D eigenvalue weighted by molar-refractivity contribution is 6.71. The fraction of sp³-hybridized carbons (Fsp3) is 0.304. The summed E-state index contributed by atoms with van der Waals surface area (Å²) in [6.07, 6.45) is 0.299. The Morgan fingerprint density at radius 2 is 1.26 bits per heavy atom. The minimum atomic E-state index is -2.11. The molecule has 0 radical (unpaired) electrons. The summed E-state index contributed by atoms with van der Waals surface area (Å²) in [5.74, 6) is -0.441. The number of carbonyl (C=O) groups excluding carboxylic acids is 2. The van der Waals surface area contributed by atoms with Gasteiger partial charge in [-0.3, -0.25) is 9.59 Å². The van der Waals surface area contributed by atoms with E-state index in [0.717, 1.165) is 5.56 Å². The number of allylic oxidation sites excluding steroid dienone is 1. The van der Waals surface area contributed by atoms with Crippen molar-refractivity contribution in [3.8, 4) is 0 Å². The van der Waals surface area contributed by atoms with Gasteiger partial charge >= 0.3 is 0 Å². The molecule has 0 aliphatic carbocycles. The maximum Gasteiger partial charge on any atom is 0.272 e. The second kappa shape index (κ2) is 8.65. The Morgan fingerprint density at radius 1 is 0.806 bits per heavy atom. The van der Waals surface area contributed by atoms with Gasteiger partial charge in [0.15, 0.2) is 0 Å². The maximum atomic E-state index is 13.3. The summed E-state index contributed by atoms with van der Waals surface area (Å²) < 4.78 is 12.7. The molecular formula is C23H28ClNO4Si2. The van der Waals surface area contributed by atoms with Crippen LogP contribution in [0.1, 0.15) is 26.3 Å². The number of carbonyl (C=O) groups is 2. The number of hydrogen-bond acceptors (Lipinski definition) is 4. The molecule has 0 N–H and O–H groups in total. The van der Waals surface area contributed by atoms with E-state index in [1.54, 1.807) is 36.4 Å². The number of rotatable bonds is 7. The van der Waals surface area contributed by atoms with Crippen LogP contribution in [0.4, 0.5) is 0 Å². The van der Waals surface area contributed by atoms with Crippen molar-refractivity contribution in [2.24, 2.45) is 0 Å². The molecule has 0 aromatic heterocycles. The lowest BCUT2D eigenvalue weighted by Gasteiger charge is -2.31. The molecule has 0 fully saturated rings. The van der Waals surface area contributed by atoms with E-state index in [4.69, 9.17) is 20.5 Å². The molecule has 0 unspecified atom stereocenters. The van der Waals surface area contributed by atoms with Crippen molar-refractivity contribution in [3.63, 3.8) is 0 Å². The van der Waals surface area contributed by atoms with Gasteiger partial charge in [-0.1, -0.05) is 35.9 Å². The minimum absolute atomic E-state index is 0.280. The molecule has 2 aromatic carbocycles. The van der Waals surface area contributed by atoms with Gasteiger partial charge in [0.2, 0.25) is 16.6 Å². The lowest BCUT2D eigenvalue weighted by molar-refractivity contribution is 0.0674. The lowest BCUT2D eigenvalue weighted by atomic mass is 10.1. The molecule has 1 heterocycles. The zero-order valence-electron chi connectivity index (χ0n) is 18.8. The Bertz CT molecular complexity index is 984. The first kappa shape index (κ1) is 23.3. The summed E-state index contributed by atoms with van der Waals surface area (Å²) in [6, 6.07) is 14.2. The summed E-state index contributed by atoms with van der Waals surface area (Å²) in [5.41, 5.74) is 2.10. The van der Waals surface area contributed by atoms with Crippen molar-refractivity contribution < 1.29 is 18.4 Å². The molecule has 0 spiro atoms. The largest absolute Gasteiger partial charge is 0.519 e. The fourth-order valence-electron chi connectivity index (χ4n) is 3.17. The van der Waals surface area contributed by atoms with Crippen molar-refractivity contribution in [2.45, 2.75) is 45.7 Å². The molecule has 1 aliphatic rings. The topological polar surface area (TPSA) is 55.8 Å². The molecule has 5 nitrogen and oxygen atoms in total. The number of hydrogen-bond donors (Lipinski definition) is 0. The average molecular weight is 474 g/mol. The van der Waals surface area contributed by atoms with Crippen molar-refractivity contribution in [2.75, 3.05) is 0 Å². The molecule has 0 atom stereocenters. The van der Waals surface area contributed by atoms with Gasteiger partial charge in [-0.2, -0.15) is 0 Å². The SMILES string of the molecule is C[Si](C)(C)OC(O[Si](C)(C)C)=C(Cc1ccc(Cl)cc1)N1C(=O)c2ccccc2C1=O.